The van der Waals surface area contributed by atoms with E-state index in [1.807, 2.05) is 31.2 Å². The summed E-state index contributed by atoms with van der Waals surface area (Å²) in [4.78, 5) is 11.5. The van der Waals surface area contributed by atoms with Crippen LogP contribution in [0.1, 0.15) is 5.56 Å². The van der Waals surface area contributed by atoms with Crippen molar-refractivity contribution in [2.75, 3.05) is 7.11 Å². The lowest BCUT2D eigenvalue weighted by Crippen LogP contribution is -2.12. The number of carbonyl (C=O) groups excluding carboxylic acids is 1. The Kier molecular flexibility index (Phi) is 3.63. The van der Waals surface area contributed by atoms with Crippen LogP contribution in [0.2, 0.25) is 0 Å². The molecule has 1 aromatic heterocycles. The summed E-state index contributed by atoms with van der Waals surface area (Å²) in [6.45, 7) is 1.92. The molecule has 0 N–H and O–H groups in total. The highest BCUT2D eigenvalue weighted by Gasteiger charge is 2.16. The normalized spacial score (nSPS) is 10.9. The Morgan fingerprint density at radius 3 is 2.82 bits per heavy atom. The second kappa shape index (κ2) is 5.60. The van der Waals surface area contributed by atoms with Crippen LogP contribution in [0.5, 0.6) is 0 Å². The van der Waals surface area contributed by atoms with E-state index in [1.165, 1.54) is 19.2 Å². The van der Waals surface area contributed by atoms with Gasteiger partial charge in [0.15, 0.2) is 0 Å². The zero-order chi connectivity index (χ0) is 15.7. The number of carbonyl (C=O) groups is 1. The molecule has 5 heteroatoms. The first-order valence-corrected chi connectivity index (χ1v) is 6.89. The third-order valence-corrected chi connectivity index (χ3v) is 3.62. The molecule has 0 unspecified atom stereocenters. The fourth-order valence-electron chi connectivity index (χ4n) is 2.48. The van der Waals surface area contributed by atoms with Crippen LogP contribution >= 0.6 is 0 Å². The summed E-state index contributed by atoms with van der Waals surface area (Å²) >= 11 is 0. The predicted octanol–water partition coefficient (Wildman–Crippen LogP) is 3.32. The van der Waals surface area contributed by atoms with Crippen molar-refractivity contribution in [1.82, 2.24) is 9.78 Å². The maximum absolute atomic E-state index is 13.6. The maximum atomic E-state index is 13.6. The molecule has 0 radical (unpaired) electrons. The van der Waals surface area contributed by atoms with E-state index >= 15 is 0 Å². The zero-order valence-electron chi connectivity index (χ0n) is 12.3. The van der Waals surface area contributed by atoms with Gasteiger partial charge in [-0.15, -0.1) is 0 Å². The quantitative estimate of drug-likeness (QED) is 0.697. The second-order valence-electron chi connectivity index (χ2n) is 5.06. The fourth-order valence-corrected chi connectivity index (χ4v) is 2.48. The van der Waals surface area contributed by atoms with Crippen LogP contribution in [0.3, 0.4) is 0 Å². The van der Waals surface area contributed by atoms with Gasteiger partial charge in [0.2, 0.25) is 0 Å². The highest BCUT2D eigenvalue weighted by Crippen LogP contribution is 2.30. The molecule has 1 heterocycles. The van der Waals surface area contributed by atoms with Gasteiger partial charge in [-0.25, -0.2) is 4.39 Å². The van der Waals surface area contributed by atoms with Crippen LogP contribution in [0.25, 0.3) is 22.2 Å². The van der Waals surface area contributed by atoms with Crippen molar-refractivity contribution in [3.8, 4) is 11.3 Å². The molecule has 2 aromatic carbocycles. The number of ether oxygens (including phenoxy) is 1. The lowest BCUT2D eigenvalue weighted by Gasteiger charge is -2.03. The minimum Gasteiger partial charge on any atom is -0.468 e. The Bertz CT molecular complexity index is 855. The monoisotopic (exact) mass is 298 g/mol. The third-order valence-electron chi connectivity index (χ3n) is 3.62. The van der Waals surface area contributed by atoms with Crippen LogP contribution in [0.15, 0.2) is 42.5 Å². The number of aromatic nitrogens is 2. The molecule has 0 spiro atoms. The first-order valence-electron chi connectivity index (χ1n) is 6.89. The van der Waals surface area contributed by atoms with E-state index in [-0.39, 0.29) is 18.3 Å². The largest absolute Gasteiger partial charge is 0.468 e. The smallest absolute Gasteiger partial charge is 0.327 e. The van der Waals surface area contributed by atoms with Gasteiger partial charge in [0.25, 0.3) is 0 Å². The van der Waals surface area contributed by atoms with E-state index in [0.29, 0.717) is 5.69 Å². The fraction of sp³-hybridized carbons (Fsp3) is 0.176. The lowest BCUT2D eigenvalue weighted by molar-refractivity contribution is -0.141. The summed E-state index contributed by atoms with van der Waals surface area (Å²) in [5, 5.41) is 5.37. The number of hydrogen-bond acceptors (Lipinski definition) is 3. The van der Waals surface area contributed by atoms with E-state index in [9.17, 15) is 9.18 Å². The summed E-state index contributed by atoms with van der Waals surface area (Å²) in [7, 11) is 1.34. The number of hydrogen-bond donors (Lipinski definition) is 0. The lowest BCUT2D eigenvalue weighted by atomic mass is 10.0. The number of para-hydroxylation sites is 1. The van der Waals surface area contributed by atoms with E-state index < -0.39 is 0 Å². The Balaban J connectivity index is 2.22. The molecule has 0 atom stereocenters. The molecule has 112 valence electrons. The standard InChI is InChI=1S/C17H15FN2O2/c1-11-7-8-12(18)9-14(11)17-13-5-3-4-6-15(13)20(19-17)10-16(21)22-2/h3-9H,10H2,1-2H3. The summed E-state index contributed by atoms with van der Waals surface area (Å²) in [6.07, 6.45) is 0. The molecule has 0 aliphatic carbocycles. The van der Waals surface area contributed by atoms with E-state index in [0.717, 1.165) is 22.0 Å². The van der Waals surface area contributed by atoms with Crippen molar-refractivity contribution in [1.29, 1.82) is 0 Å². The molecule has 0 amide bonds. The molecule has 0 saturated heterocycles. The second-order valence-corrected chi connectivity index (χ2v) is 5.06. The van der Waals surface area contributed by atoms with Gasteiger partial charge >= 0.3 is 5.97 Å². The molecule has 0 aliphatic heterocycles. The van der Waals surface area contributed by atoms with Gasteiger partial charge in [-0.1, -0.05) is 24.3 Å². The average molecular weight is 298 g/mol. The van der Waals surface area contributed by atoms with Gasteiger partial charge in [0.1, 0.15) is 18.1 Å². The van der Waals surface area contributed by atoms with Gasteiger partial charge in [-0.2, -0.15) is 5.10 Å². The molecule has 3 rings (SSSR count). The SMILES string of the molecule is COC(=O)Cn1nc(-c2cc(F)ccc2C)c2ccccc21. The number of rotatable bonds is 3. The Morgan fingerprint density at radius 1 is 1.27 bits per heavy atom. The first kappa shape index (κ1) is 14.3. The first-order chi connectivity index (χ1) is 10.6. The number of esters is 1. The molecular formula is C17H15FN2O2. The molecule has 0 fully saturated rings. The topological polar surface area (TPSA) is 44.1 Å². The highest BCUT2D eigenvalue weighted by molar-refractivity contribution is 5.94. The van der Waals surface area contributed by atoms with Crippen molar-refractivity contribution in [3.63, 3.8) is 0 Å². The number of methoxy groups -OCH3 is 1. The minimum atomic E-state index is -0.379. The molecular weight excluding hydrogens is 283 g/mol. The van der Waals surface area contributed by atoms with Crippen LogP contribution in [-0.2, 0) is 16.1 Å². The highest BCUT2D eigenvalue weighted by atomic mass is 19.1. The summed E-state index contributed by atoms with van der Waals surface area (Å²) in [6, 6.07) is 12.2. The summed E-state index contributed by atoms with van der Waals surface area (Å²) in [5.41, 5.74) is 3.12. The summed E-state index contributed by atoms with van der Waals surface area (Å²) < 4.78 is 19.9. The van der Waals surface area contributed by atoms with Crippen molar-refractivity contribution < 1.29 is 13.9 Å². The van der Waals surface area contributed by atoms with E-state index in [2.05, 4.69) is 5.10 Å². The average Bonchev–Trinajstić information content (AvgIpc) is 2.88. The number of aryl methyl sites for hydroxylation is 1. The Hall–Kier alpha value is -2.69. The number of nitrogens with zero attached hydrogens (tertiary/aromatic N) is 2. The molecule has 22 heavy (non-hydrogen) atoms. The van der Waals surface area contributed by atoms with Gasteiger partial charge in [0, 0.05) is 10.9 Å². The van der Waals surface area contributed by atoms with Gasteiger partial charge < -0.3 is 4.74 Å². The Morgan fingerprint density at radius 2 is 2.05 bits per heavy atom. The van der Waals surface area contributed by atoms with Crippen molar-refractivity contribution in [2.45, 2.75) is 13.5 Å². The van der Waals surface area contributed by atoms with Crippen LogP contribution in [0.4, 0.5) is 4.39 Å². The number of fused-ring (bicyclic) bond motifs is 1. The van der Waals surface area contributed by atoms with Gasteiger partial charge in [-0.05, 0) is 30.7 Å². The van der Waals surface area contributed by atoms with Crippen molar-refractivity contribution in [3.05, 3.63) is 53.8 Å². The number of halogens is 1. The van der Waals surface area contributed by atoms with Crippen molar-refractivity contribution in [2.24, 2.45) is 0 Å². The van der Waals surface area contributed by atoms with E-state index in [4.69, 9.17) is 4.74 Å². The van der Waals surface area contributed by atoms with Crippen LogP contribution in [0, 0.1) is 12.7 Å². The summed E-state index contributed by atoms with van der Waals surface area (Å²) in [5.74, 6) is -0.692. The van der Waals surface area contributed by atoms with Gasteiger partial charge in [-0.3, -0.25) is 9.48 Å². The van der Waals surface area contributed by atoms with Crippen LogP contribution < -0.4 is 0 Å². The van der Waals surface area contributed by atoms with Gasteiger partial charge in [0.05, 0.1) is 12.6 Å². The predicted molar refractivity (Wildman–Crippen MR) is 81.9 cm³/mol. The zero-order valence-corrected chi connectivity index (χ0v) is 12.3. The molecule has 0 saturated carbocycles. The maximum Gasteiger partial charge on any atom is 0.327 e. The molecule has 4 nitrogen and oxygen atoms in total. The third kappa shape index (κ3) is 2.45. The molecule has 3 aromatic rings. The minimum absolute atomic E-state index is 0.0192. The van der Waals surface area contributed by atoms with E-state index in [1.54, 1.807) is 10.7 Å². The molecule has 0 aliphatic rings. The Labute approximate surface area is 127 Å². The van der Waals surface area contributed by atoms with Crippen LogP contribution in [-0.4, -0.2) is 22.9 Å². The molecule has 0 bridgehead atoms. The van der Waals surface area contributed by atoms with Crippen molar-refractivity contribution >= 4 is 16.9 Å². The number of benzene rings is 2.